The number of carbonyl (C=O) groups excluding carboxylic acids is 2. The number of benzene rings is 3. The molecule has 0 saturated carbocycles. The number of phenolic OH excluding ortho intramolecular Hbond substituents is 2. The highest BCUT2D eigenvalue weighted by Gasteiger charge is 2.44. The molecule has 0 bridgehead atoms. The van der Waals surface area contributed by atoms with E-state index in [4.69, 9.17) is 27.9 Å². The van der Waals surface area contributed by atoms with E-state index in [-0.39, 0.29) is 33.7 Å². The number of carbonyl (C=O) groups is 2. The Morgan fingerprint density at radius 1 is 0.833 bits per heavy atom. The average Bonchev–Trinajstić information content (AvgIpc) is 3.05. The second kappa shape index (κ2) is 19.6. The van der Waals surface area contributed by atoms with Gasteiger partial charge in [0, 0.05) is 10.8 Å². The Hall–Kier alpha value is -3.37. The molecule has 0 fully saturated rings. The summed E-state index contributed by atoms with van der Waals surface area (Å²) >= 11 is 11.1. The fraction of sp³-hybridized carbons (Fsp3) is 0.500. The van der Waals surface area contributed by atoms with E-state index < -0.39 is 46.4 Å². The molecule has 264 valence electrons. The number of anilines is 1. The molecule has 3 aromatic rings. The molecule has 0 aliphatic heterocycles. The predicted octanol–water partition coefficient (Wildman–Crippen LogP) is 11.3. The summed E-state index contributed by atoms with van der Waals surface area (Å²) in [7, 11) is 0. The van der Waals surface area contributed by atoms with Crippen molar-refractivity contribution in [3.8, 4) is 17.2 Å². The van der Waals surface area contributed by atoms with Crippen molar-refractivity contribution < 1.29 is 42.4 Å². The van der Waals surface area contributed by atoms with Gasteiger partial charge < -0.3 is 25.0 Å². The highest BCUT2D eigenvalue weighted by atomic mass is 35.5. The smallest absolute Gasteiger partial charge is 0.444 e. The first-order valence-corrected chi connectivity index (χ1v) is 17.4. The van der Waals surface area contributed by atoms with Crippen LogP contribution in [0.1, 0.15) is 118 Å². The number of rotatable bonds is 21. The third-order valence-corrected chi connectivity index (χ3v) is 8.60. The lowest BCUT2D eigenvalue weighted by Crippen LogP contribution is -2.33. The molecule has 0 spiro atoms. The molecule has 3 rings (SSSR count). The van der Waals surface area contributed by atoms with Gasteiger partial charge in [-0.1, -0.05) is 138 Å². The van der Waals surface area contributed by atoms with Crippen molar-refractivity contribution in [1.29, 1.82) is 0 Å². The van der Waals surface area contributed by atoms with Crippen molar-refractivity contribution in [3.63, 3.8) is 0 Å². The zero-order chi connectivity index (χ0) is 35.1. The third-order valence-electron chi connectivity index (χ3n) is 8.02. The van der Waals surface area contributed by atoms with E-state index in [1.54, 1.807) is 0 Å². The normalized spacial score (nSPS) is 12.2. The number of ether oxygens (including phenoxy) is 2. The lowest BCUT2D eigenvalue weighted by molar-refractivity contribution is -0.198. The molecule has 7 nitrogen and oxygen atoms in total. The molecular weight excluding hydrogens is 670 g/mol. The summed E-state index contributed by atoms with van der Waals surface area (Å²) in [6.45, 7) is 2.45. The van der Waals surface area contributed by atoms with E-state index in [9.17, 15) is 33.0 Å². The maximum absolute atomic E-state index is 14.1. The predicted molar refractivity (Wildman–Crippen MR) is 184 cm³/mol. The molecule has 0 heterocycles. The van der Waals surface area contributed by atoms with Crippen LogP contribution in [0.15, 0.2) is 42.5 Å². The van der Waals surface area contributed by atoms with Crippen LogP contribution in [0, 0.1) is 0 Å². The first-order valence-electron chi connectivity index (χ1n) is 16.6. The van der Waals surface area contributed by atoms with Gasteiger partial charge in [-0.25, -0.2) is 9.18 Å². The Morgan fingerprint density at radius 3 is 1.94 bits per heavy atom. The fourth-order valence-electron chi connectivity index (χ4n) is 5.35. The van der Waals surface area contributed by atoms with Crippen LogP contribution in [-0.2, 0) is 4.74 Å². The number of halogens is 5. The molecule has 1 amide bonds. The van der Waals surface area contributed by atoms with Gasteiger partial charge in [-0.05, 0) is 24.6 Å². The minimum atomic E-state index is -4.59. The van der Waals surface area contributed by atoms with Crippen molar-refractivity contribution in [2.24, 2.45) is 0 Å². The van der Waals surface area contributed by atoms with Crippen LogP contribution in [0.2, 0.25) is 5.02 Å². The van der Waals surface area contributed by atoms with Crippen molar-refractivity contribution >= 4 is 51.5 Å². The van der Waals surface area contributed by atoms with Crippen LogP contribution in [0.25, 0.3) is 10.8 Å². The Bertz CT molecular complexity index is 1500. The Balaban J connectivity index is 1.53. The minimum absolute atomic E-state index is 0.00272. The van der Waals surface area contributed by atoms with E-state index in [1.165, 1.54) is 107 Å². The second-order valence-corrected chi connectivity index (χ2v) is 12.6. The number of phenols is 2. The third kappa shape index (κ3) is 11.4. The number of fused-ring (bicyclic) bond motifs is 1. The second-order valence-electron chi connectivity index (χ2n) is 11.8. The largest absolute Gasteiger partial charge is 0.506 e. The van der Waals surface area contributed by atoms with Crippen LogP contribution >= 0.6 is 23.2 Å². The van der Waals surface area contributed by atoms with Crippen molar-refractivity contribution in [2.75, 3.05) is 11.9 Å². The summed E-state index contributed by atoms with van der Waals surface area (Å²) < 4.78 is 51.3. The van der Waals surface area contributed by atoms with Gasteiger partial charge in [-0.15, -0.1) is 0 Å². The number of esters is 1. The highest BCUT2D eigenvalue weighted by Crippen LogP contribution is 2.47. The van der Waals surface area contributed by atoms with E-state index in [2.05, 4.69) is 17.0 Å². The molecule has 0 saturated heterocycles. The summed E-state index contributed by atoms with van der Waals surface area (Å²) in [5, 5.41) is 23.6. The van der Waals surface area contributed by atoms with Crippen molar-refractivity contribution in [3.05, 3.63) is 58.6 Å². The topological polar surface area (TPSA) is 105 Å². The number of nitrogens with one attached hydrogen (secondary N) is 1. The van der Waals surface area contributed by atoms with Gasteiger partial charge in [0.1, 0.15) is 11.3 Å². The van der Waals surface area contributed by atoms with E-state index in [0.29, 0.717) is 6.42 Å². The standard InChI is InChI=1S/C36H44Cl2F3NO6/c1-2-3-4-5-6-7-8-9-10-11-12-13-14-17-22-47-34(46)24-20-21-27(37)28(23-24)42-33(45)29-30(43)25-18-15-16-19-26(25)32(31(29)44)48-36(40,41)35(38)39/h15-16,18-21,23,35,43-44H,2-14,17,22H2,1H3,(H,42,45). The van der Waals surface area contributed by atoms with Gasteiger partial charge in [0.25, 0.3) is 11.5 Å². The summed E-state index contributed by atoms with van der Waals surface area (Å²) in [5.74, 6) is -4.76. The number of hydrogen-bond acceptors (Lipinski definition) is 6. The summed E-state index contributed by atoms with van der Waals surface area (Å²) in [6, 6.07) is 9.32. The maximum Gasteiger partial charge on any atom is 0.444 e. The van der Waals surface area contributed by atoms with Crippen LogP contribution in [0.3, 0.4) is 0 Å². The molecule has 1 atom stereocenters. The number of aromatic hydroxyl groups is 2. The highest BCUT2D eigenvalue weighted by molar-refractivity contribution is 6.34. The van der Waals surface area contributed by atoms with Gasteiger partial charge in [0.2, 0.25) is 0 Å². The van der Waals surface area contributed by atoms with E-state index in [0.717, 1.165) is 19.3 Å². The maximum atomic E-state index is 14.1. The molecule has 0 aliphatic rings. The number of amides is 1. The first kappa shape index (κ1) is 39.1. The zero-order valence-electron chi connectivity index (χ0n) is 27.1. The van der Waals surface area contributed by atoms with E-state index in [1.807, 2.05) is 0 Å². The van der Waals surface area contributed by atoms with Crippen LogP contribution in [-0.4, -0.2) is 40.4 Å². The lowest BCUT2D eigenvalue weighted by atomic mass is 10.0. The average molecular weight is 715 g/mol. The van der Waals surface area contributed by atoms with Gasteiger partial charge in [-0.2, -0.15) is 8.78 Å². The van der Waals surface area contributed by atoms with Crippen LogP contribution in [0.5, 0.6) is 17.2 Å². The number of hydrogen-bond donors (Lipinski definition) is 3. The molecule has 0 aromatic heterocycles. The van der Waals surface area contributed by atoms with Crippen molar-refractivity contribution in [2.45, 2.75) is 109 Å². The Kier molecular flexibility index (Phi) is 15.9. The molecule has 3 aromatic carbocycles. The molecule has 12 heteroatoms. The summed E-state index contributed by atoms with van der Waals surface area (Å²) in [4.78, 5) is 26.0. The van der Waals surface area contributed by atoms with Crippen LogP contribution < -0.4 is 10.1 Å². The fourth-order valence-corrected chi connectivity index (χ4v) is 5.56. The minimum Gasteiger partial charge on any atom is -0.506 e. The SMILES string of the molecule is CCCCCCCCCCCCCCCCOC(=O)c1ccc(Cl)c(NC(=O)c2c(O)c(OC(F)(F)C(F)Cl)c3ccccc3c2O)c1. The first-order chi connectivity index (χ1) is 23.0. The Morgan fingerprint density at radius 2 is 1.38 bits per heavy atom. The molecule has 1 unspecified atom stereocenters. The van der Waals surface area contributed by atoms with Crippen LogP contribution in [0.4, 0.5) is 18.9 Å². The van der Waals surface area contributed by atoms with Gasteiger partial charge >= 0.3 is 12.1 Å². The van der Waals surface area contributed by atoms with Gasteiger partial charge in [0.05, 0.1) is 22.9 Å². The van der Waals surface area contributed by atoms with Gasteiger partial charge in [-0.3, -0.25) is 4.79 Å². The quantitative estimate of drug-likeness (QED) is 0.0576. The zero-order valence-corrected chi connectivity index (χ0v) is 28.7. The molecule has 48 heavy (non-hydrogen) atoms. The summed E-state index contributed by atoms with van der Waals surface area (Å²) in [6.07, 6.45) is 12.3. The molecular formula is C36H44Cl2F3NO6. The number of unbranched alkanes of at least 4 members (excludes halogenated alkanes) is 13. The van der Waals surface area contributed by atoms with E-state index >= 15 is 0 Å². The monoisotopic (exact) mass is 713 g/mol. The van der Waals surface area contributed by atoms with Gasteiger partial charge in [0.15, 0.2) is 11.5 Å². The molecule has 0 aliphatic carbocycles. The number of alkyl halides is 4. The van der Waals surface area contributed by atoms with Crippen molar-refractivity contribution in [1.82, 2.24) is 0 Å². The lowest BCUT2D eigenvalue weighted by Gasteiger charge is -2.21. The Labute approximate surface area is 289 Å². The molecule has 3 N–H and O–H groups in total. The molecule has 0 radical (unpaired) electrons. The summed E-state index contributed by atoms with van der Waals surface area (Å²) in [5.41, 5.74) is -4.15.